The molecule has 8 heteroatoms. The number of imidazole rings is 1. The maximum atomic E-state index is 12.9. The number of benzene rings is 2. The Labute approximate surface area is 199 Å². The van der Waals surface area contributed by atoms with Gasteiger partial charge in [0.05, 0.1) is 10.2 Å². The number of amides is 1. The van der Waals surface area contributed by atoms with Gasteiger partial charge in [0.15, 0.2) is 5.58 Å². The molecule has 3 aromatic heterocycles. The van der Waals surface area contributed by atoms with Crippen molar-refractivity contribution in [2.24, 2.45) is 0 Å². The topological polar surface area (TPSA) is 76.6 Å². The number of hydrogen-bond donors (Lipinski definition) is 1. The van der Waals surface area contributed by atoms with E-state index in [4.69, 9.17) is 9.40 Å². The highest BCUT2D eigenvalue weighted by Gasteiger charge is 2.16. The lowest BCUT2D eigenvalue weighted by atomic mass is 10.1. The highest BCUT2D eigenvalue weighted by molar-refractivity contribution is 9.11. The Hall–Kier alpha value is -3.23. The van der Waals surface area contributed by atoms with Gasteiger partial charge < -0.3 is 14.1 Å². The Kier molecular flexibility index (Phi) is 5.19. The van der Waals surface area contributed by atoms with E-state index >= 15 is 0 Å². The predicted octanol–water partition coefficient (Wildman–Crippen LogP) is 6.19. The van der Waals surface area contributed by atoms with Crippen molar-refractivity contribution in [2.45, 2.75) is 6.92 Å². The number of carbonyl (C=O) groups excluding carboxylic acids is 1. The quantitative estimate of drug-likeness (QED) is 0.271. The fourth-order valence-electron chi connectivity index (χ4n) is 3.56. The molecular weight excluding hydrogens is 538 g/mol. The van der Waals surface area contributed by atoms with Gasteiger partial charge in [-0.15, -0.1) is 0 Å². The minimum absolute atomic E-state index is 0.0729. The Bertz CT molecular complexity index is 1590. The summed E-state index contributed by atoms with van der Waals surface area (Å²) in [6.07, 6.45) is 3.89. The van der Waals surface area contributed by atoms with Crippen LogP contribution in [0.25, 0.3) is 27.9 Å². The molecule has 0 atom stereocenters. The maximum absolute atomic E-state index is 12.9. The van der Waals surface area contributed by atoms with E-state index in [2.05, 4.69) is 37.2 Å². The highest BCUT2D eigenvalue weighted by Crippen LogP contribution is 2.28. The minimum atomic E-state index is -0.704. The summed E-state index contributed by atoms with van der Waals surface area (Å²) in [4.78, 5) is 30.0. The zero-order chi connectivity index (χ0) is 22.4. The fourth-order valence-corrected chi connectivity index (χ4v) is 4.90. The minimum Gasteiger partial charge on any atom is -0.421 e. The molecule has 5 aromatic rings. The van der Waals surface area contributed by atoms with Crippen LogP contribution in [0.4, 0.5) is 5.69 Å². The molecule has 0 saturated carbocycles. The van der Waals surface area contributed by atoms with Crippen LogP contribution in [-0.4, -0.2) is 15.3 Å². The molecule has 3 heterocycles. The van der Waals surface area contributed by atoms with Gasteiger partial charge in [-0.1, -0.05) is 34.1 Å². The van der Waals surface area contributed by atoms with Crippen molar-refractivity contribution in [1.29, 1.82) is 0 Å². The third-order valence-electron chi connectivity index (χ3n) is 5.09. The Morgan fingerprint density at radius 2 is 1.94 bits per heavy atom. The van der Waals surface area contributed by atoms with Crippen molar-refractivity contribution in [2.75, 3.05) is 5.32 Å². The van der Waals surface area contributed by atoms with E-state index in [0.717, 1.165) is 26.9 Å². The number of hydrogen-bond acceptors (Lipinski definition) is 4. The lowest BCUT2D eigenvalue weighted by Crippen LogP contribution is -2.20. The van der Waals surface area contributed by atoms with Crippen molar-refractivity contribution >= 4 is 60.1 Å². The summed E-state index contributed by atoms with van der Waals surface area (Å²) in [7, 11) is 0. The molecule has 0 spiro atoms. The summed E-state index contributed by atoms with van der Waals surface area (Å²) in [5.74, 6) is -0.542. The molecule has 1 amide bonds. The molecular formula is C24H15Br2N3O3. The number of anilines is 1. The molecule has 0 aliphatic rings. The molecule has 2 aromatic carbocycles. The first-order valence-electron chi connectivity index (χ1n) is 9.68. The lowest BCUT2D eigenvalue weighted by Gasteiger charge is -2.07. The third-order valence-corrected chi connectivity index (χ3v) is 6.14. The van der Waals surface area contributed by atoms with Gasteiger partial charge >= 0.3 is 5.63 Å². The summed E-state index contributed by atoms with van der Waals surface area (Å²) in [5.41, 5.74) is 3.75. The van der Waals surface area contributed by atoms with Crippen molar-refractivity contribution in [3.63, 3.8) is 0 Å². The summed E-state index contributed by atoms with van der Waals surface area (Å²) < 4.78 is 8.77. The summed E-state index contributed by atoms with van der Waals surface area (Å²) in [5, 5.41) is 3.42. The number of nitrogens with zero attached hydrogens (tertiary/aromatic N) is 2. The van der Waals surface area contributed by atoms with E-state index in [1.54, 1.807) is 18.2 Å². The van der Waals surface area contributed by atoms with E-state index in [-0.39, 0.29) is 5.56 Å². The second-order valence-electron chi connectivity index (χ2n) is 7.34. The monoisotopic (exact) mass is 551 g/mol. The molecule has 6 nitrogen and oxygen atoms in total. The smallest absolute Gasteiger partial charge is 0.349 e. The normalized spacial score (nSPS) is 11.2. The number of halogens is 2. The molecule has 0 bridgehead atoms. The Morgan fingerprint density at radius 1 is 1.09 bits per heavy atom. The van der Waals surface area contributed by atoms with Gasteiger partial charge in [0, 0.05) is 33.5 Å². The van der Waals surface area contributed by atoms with Crippen molar-refractivity contribution < 1.29 is 9.21 Å². The van der Waals surface area contributed by atoms with Crippen LogP contribution in [0, 0.1) is 6.92 Å². The first kappa shape index (κ1) is 20.7. The van der Waals surface area contributed by atoms with Crippen LogP contribution in [-0.2, 0) is 0 Å². The summed E-state index contributed by atoms with van der Waals surface area (Å²) >= 11 is 6.78. The molecule has 5 rings (SSSR count). The number of aromatic nitrogens is 2. The standard InChI is InChI=1S/C24H15Br2N3O3/c1-13-4-3-7-29-12-20(28-22(13)29)14-5-2-6-17(9-14)27-23(30)18-10-15-8-16(25)11-19(26)21(15)32-24(18)31/h2-12H,1H3,(H,27,30). The largest absolute Gasteiger partial charge is 0.421 e. The first-order valence-corrected chi connectivity index (χ1v) is 11.3. The van der Waals surface area contributed by atoms with Crippen LogP contribution < -0.4 is 10.9 Å². The Balaban J connectivity index is 1.48. The summed E-state index contributed by atoms with van der Waals surface area (Å²) in [6, 6.07) is 16.4. The number of aryl methyl sites for hydroxylation is 1. The number of pyridine rings is 1. The van der Waals surface area contributed by atoms with Gasteiger partial charge in [0.25, 0.3) is 5.91 Å². The van der Waals surface area contributed by atoms with Crippen LogP contribution in [0.2, 0.25) is 0 Å². The van der Waals surface area contributed by atoms with Gasteiger partial charge in [0.1, 0.15) is 11.2 Å². The molecule has 0 aliphatic heterocycles. The Morgan fingerprint density at radius 3 is 2.75 bits per heavy atom. The first-order chi connectivity index (χ1) is 15.4. The van der Waals surface area contributed by atoms with E-state index in [9.17, 15) is 9.59 Å². The van der Waals surface area contributed by atoms with Crippen LogP contribution in [0.15, 0.2) is 85.1 Å². The number of carbonyl (C=O) groups is 1. The molecule has 0 aliphatic carbocycles. The zero-order valence-corrected chi connectivity index (χ0v) is 19.9. The molecule has 158 valence electrons. The van der Waals surface area contributed by atoms with Crippen LogP contribution in [0.5, 0.6) is 0 Å². The van der Waals surface area contributed by atoms with E-state index in [1.807, 2.05) is 54.0 Å². The van der Waals surface area contributed by atoms with Gasteiger partial charge in [-0.2, -0.15) is 0 Å². The molecule has 32 heavy (non-hydrogen) atoms. The average Bonchev–Trinajstić information content (AvgIpc) is 3.20. The van der Waals surface area contributed by atoms with E-state index in [0.29, 0.717) is 21.1 Å². The zero-order valence-electron chi connectivity index (χ0n) is 16.7. The summed E-state index contributed by atoms with van der Waals surface area (Å²) in [6.45, 7) is 2.01. The molecule has 0 saturated heterocycles. The van der Waals surface area contributed by atoms with Gasteiger partial charge in [-0.3, -0.25) is 4.79 Å². The van der Waals surface area contributed by atoms with Crippen molar-refractivity contribution in [1.82, 2.24) is 9.38 Å². The molecule has 1 N–H and O–H groups in total. The second kappa shape index (κ2) is 8.03. The van der Waals surface area contributed by atoms with Gasteiger partial charge in [0.2, 0.25) is 0 Å². The number of rotatable bonds is 3. The van der Waals surface area contributed by atoms with Crippen molar-refractivity contribution in [3.05, 3.63) is 97.5 Å². The van der Waals surface area contributed by atoms with E-state index < -0.39 is 11.5 Å². The second-order valence-corrected chi connectivity index (χ2v) is 9.11. The predicted molar refractivity (Wildman–Crippen MR) is 131 cm³/mol. The van der Waals surface area contributed by atoms with Crippen LogP contribution >= 0.6 is 31.9 Å². The highest BCUT2D eigenvalue weighted by atomic mass is 79.9. The third kappa shape index (κ3) is 3.76. The van der Waals surface area contributed by atoms with Gasteiger partial charge in [-0.05, 0) is 64.8 Å². The molecule has 0 radical (unpaired) electrons. The molecule has 0 fully saturated rings. The fraction of sp³-hybridized carbons (Fsp3) is 0.0417. The van der Waals surface area contributed by atoms with Gasteiger partial charge in [-0.25, -0.2) is 9.78 Å². The number of fused-ring (bicyclic) bond motifs is 2. The SMILES string of the molecule is Cc1cccn2cc(-c3cccc(NC(=O)c4cc5cc(Br)cc(Br)c5oc4=O)c3)nc12. The molecule has 0 unspecified atom stereocenters. The lowest BCUT2D eigenvalue weighted by molar-refractivity contribution is 0.102. The maximum Gasteiger partial charge on any atom is 0.349 e. The van der Waals surface area contributed by atoms with Crippen molar-refractivity contribution in [3.8, 4) is 11.3 Å². The van der Waals surface area contributed by atoms with Crippen LogP contribution in [0.3, 0.4) is 0 Å². The average molecular weight is 553 g/mol. The van der Waals surface area contributed by atoms with Crippen LogP contribution in [0.1, 0.15) is 15.9 Å². The number of nitrogens with one attached hydrogen (secondary N) is 1. The van der Waals surface area contributed by atoms with E-state index in [1.165, 1.54) is 6.07 Å².